The molecule has 1 N–H and O–H groups in total. The molecule has 0 heterocycles. The fourth-order valence-corrected chi connectivity index (χ4v) is 3.63. The second kappa shape index (κ2) is 8.28. The third-order valence-corrected chi connectivity index (χ3v) is 4.85. The highest BCUT2D eigenvalue weighted by molar-refractivity contribution is 6.32. The van der Waals surface area contributed by atoms with Crippen LogP contribution < -0.4 is 14.8 Å². The van der Waals surface area contributed by atoms with Crippen molar-refractivity contribution in [1.82, 2.24) is 5.32 Å². The highest BCUT2D eigenvalue weighted by atomic mass is 35.5. The van der Waals surface area contributed by atoms with E-state index >= 15 is 0 Å². The van der Waals surface area contributed by atoms with E-state index in [1.165, 1.54) is 24.3 Å². The zero-order valence-electron chi connectivity index (χ0n) is 14.9. The quantitative estimate of drug-likeness (QED) is 0.783. The van der Waals surface area contributed by atoms with E-state index in [1.54, 1.807) is 25.3 Å². The molecule has 0 bridgehead atoms. The van der Waals surface area contributed by atoms with Crippen LogP contribution in [-0.4, -0.2) is 20.1 Å². The van der Waals surface area contributed by atoms with Crippen LogP contribution in [0.4, 0.5) is 0 Å². The Kier molecular flexibility index (Phi) is 5.84. The minimum Gasteiger partial charge on any atom is -0.493 e. The van der Waals surface area contributed by atoms with Crippen molar-refractivity contribution in [3.63, 3.8) is 0 Å². The Morgan fingerprint density at radius 2 is 2.04 bits per heavy atom. The van der Waals surface area contributed by atoms with Crippen molar-refractivity contribution in [2.24, 2.45) is 0 Å². The molecule has 2 aromatic carbocycles. The van der Waals surface area contributed by atoms with E-state index in [0.29, 0.717) is 16.5 Å². The van der Waals surface area contributed by atoms with Gasteiger partial charge in [-0.05, 0) is 54.2 Å². The van der Waals surface area contributed by atoms with Gasteiger partial charge in [0, 0.05) is 6.08 Å². The topological polar surface area (TPSA) is 47.6 Å². The van der Waals surface area contributed by atoms with Gasteiger partial charge in [0.2, 0.25) is 5.91 Å². The summed E-state index contributed by atoms with van der Waals surface area (Å²) in [5, 5.41) is 3.53. The Morgan fingerprint density at radius 1 is 1.23 bits per heavy atom. The summed E-state index contributed by atoms with van der Waals surface area (Å²) in [5.41, 5.74) is 3.31. The molecule has 0 aromatic heterocycles. The maximum Gasteiger partial charge on any atom is 0.244 e. The number of nitrogens with one attached hydrogen (secondary N) is 1. The molecule has 5 heteroatoms. The van der Waals surface area contributed by atoms with Crippen LogP contribution >= 0.6 is 11.6 Å². The highest BCUT2D eigenvalue weighted by Gasteiger charge is 2.20. The number of hydrogen-bond donors (Lipinski definition) is 1. The van der Waals surface area contributed by atoms with Crippen LogP contribution in [0.15, 0.2) is 42.5 Å². The smallest absolute Gasteiger partial charge is 0.244 e. The predicted molar refractivity (Wildman–Crippen MR) is 104 cm³/mol. The zero-order valence-corrected chi connectivity index (χ0v) is 15.7. The van der Waals surface area contributed by atoms with Crippen molar-refractivity contribution in [3.8, 4) is 11.5 Å². The number of carbonyl (C=O) groups excluding carboxylic acids is 1. The number of halogens is 1. The minimum absolute atomic E-state index is 0.0612. The molecule has 0 spiro atoms. The molecule has 0 saturated carbocycles. The molecule has 3 rings (SSSR count). The lowest BCUT2D eigenvalue weighted by atomic mass is 9.88. The van der Waals surface area contributed by atoms with Gasteiger partial charge in [-0.25, -0.2) is 0 Å². The summed E-state index contributed by atoms with van der Waals surface area (Å²) in [6.07, 6.45) is 6.35. The normalized spacial score (nSPS) is 16.2. The second-order valence-corrected chi connectivity index (χ2v) is 6.63. The molecule has 0 radical (unpaired) electrons. The number of fused-ring (bicyclic) bond motifs is 1. The Balaban J connectivity index is 1.72. The Morgan fingerprint density at radius 3 is 2.81 bits per heavy atom. The van der Waals surface area contributed by atoms with Crippen molar-refractivity contribution < 1.29 is 14.3 Å². The van der Waals surface area contributed by atoms with Crippen LogP contribution in [0, 0.1) is 0 Å². The Bertz CT molecular complexity index is 832. The molecule has 136 valence electrons. The third kappa shape index (κ3) is 4.02. The summed E-state index contributed by atoms with van der Waals surface area (Å²) in [7, 11) is 3.09. The van der Waals surface area contributed by atoms with Crippen LogP contribution in [0.1, 0.15) is 35.6 Å². The Labute approximate surface area is 158 Å². The molecule has 0 unspecified atom stereocenters. The van der Waals surface area contributed by atoms with Crippen LogP contribution in [0.5, 0.6) is 11.5 Å². The largest absolute Gasteiger partial charge is 0.493 e. The van der Waals surface area contributed by atoms with Crippen LogP contribution in [0.25, 0.3) is 6.08 Å². The average Bonchev–Trinajstić information content (AvgIpc) is 2.66. The zero-order chi connectivity index (χ0) is 18.5. The van der Waals surface area contributed by atoms with Gasteiger partial charge in [-0.1, -0.05) is 35.9 Å². The van der Waals surface area contributed by atoms with Crippen molar-refractivity contribution in [1.29, 1.82) is 0 Å². The van der Waals surface area contributed by atoms with Gasteiger partial charge in [-0.2, -0.15) is 0 Å². The van der Waals surface area contributed by atoms with E-state index in [2.05, 4.69) is 17.4 Å². The first-order valence-electron chi connectivity index (χ1n) is 8.60. The standard InChI is InChI=1S/C21H22ClNO3/c1-25-19-13-14(12-17(22)21(19)26-2)10-11-20(24)23-18-9-5-7-15-6-3-4-8-16(15)18/h3-4,6,8,10-13,18H,5,7,9H2,1-2H3,(H,23,24)/b11-10+/t18-/m1/s1. The van der Waals surface area contributed by atoms with Gasteiger partial charge in [-0.3, -0.25) is 4.79 Å². The maximum atomic E-state index is 12.4. The summed E-state index contributed by atoms with van der Waals surface area (Å²) in [4.78, 5) is 12.4. The first-order valence-corrected chi connectivity index (χ1v) is 8.98. The monoisotopic (exact) mass is 371 g/mol. The summed E-state index contributed by atoms with van der Waals surface area (Å²) in [6, 6.07) is 11.9. The van der Waals surface area contributed by atoms with Gasteiger partial charge in [0.1, 0.15) is 0 Å². The molecule has 0 aliphatic heterocycles. The highest BCUT2D eigenvalue weighted by Crippen LogP contribution is 2.36. The molecule has 1 atom stereocenters. The Hall–Kier alpha value is -2.46. The van der Waals surface area contributed by atoms with Gasteiger partial charge in [0.15, 0.2) is 11.5 Å². The molecule has 26 heavy (non-hydrogen) atoms. The summed E-state index contributed by atoms with van der Waals surface area (Å²) in [6.45, 7) is 0. The average molecular weight is 372 g/mol. The molecule has 1 aliphatic rings. The number of rotatable bonds is 5. The van der Waals surface area contributed by atoms with Crippen LogP contribution in [0.3, 0.4) is 0 Å². The lowest BCUT2D eigenvalue weighted by Crippen LogP contribution is -2.29. The number of amides is 1. The van der Waals surface area contributed by atoms with Crippen molar-refractivity contribution >= 4 is 23.6 Å². The molecule has 0 fully saturated rings. The molecule has 4 nitrogen and oxygen atoms in total. The second-order valence-electron chi connectivity index (χ2n) is 6.22. The van der Waals surface area contributed by atoms with Crippen molar-refractivity contribution in [2.45, 2.75) is 25.3 Å². The number of hydrogen-bond acceptors (Lipinski definition) is 3. The van der Waals surface area contributed by atoms with Gasteiger partial charge < -0.3 is 14.8 Å². The first-order chi connectivity index (χ1) is 12.6. The van der Waals surface area contributed by atoms with E-state index < -0.39 is 0 Å². The third-order valence-electron chi connectivity index (χ3n) is 4.57. The molecule has 2 aromatic rings. The van der Waals surface area contributed by atoms with Crippen LogP contribution in [0.2, 0.25) is 5.02 Å². The lowest BCUT2D eigenvalue weighted by molar-refractivity contribution is -0.117. The van der Waals surface area contributed by atoms with E-state index in [9.17, 15) is 4.79 Å². The summed E-state index contributed by atoms with van der Waals surface area (Å²) < 4.78 is 10.5. The summed E-state index contributed by atoms with van der Waals surface area (Å²) >= 11 is 6.20. The lowest BCUT2D eigenvalue weighted by Gasteiger charge is -2.25. The number of methoxy groups -OCH3 is 2. The van der Waals surface area contributed by atoms with E-state index in [1.807, 2.05) is 12.1 Å². The van der Waals surface area contributed by atoms with Gasteiger partial charge in [0.25, 0.3) is 0 Å². The number of carbonyl (C=O) groups is 1. The van der Waals surface area contributed by atoms with Gasteiger partial charge >= 0.3 is 0 Å². The van der Waals surface area contributed by atoms with E-state index in [-0.39, 0.29) is 11.9 Å². The van der Waals surface area contributed by atoms with E-state index in [4.69, 9.17) is 21.1 Å². The van der Waals surface area contributed by atoms with E-state index in [0.717, 1.165) is 24.8 Å². The van der Waals surface area contributed by atoms with Crippen LogP contribution in [-0.2, 0) is 11.2 Å². The molecule has 0 saturated heterocycles. The number of ether oxygens (including phenoxy) is 2. The minimum atomic E-state index is -0.127. The molecule has 1 amide bonds. The fraction of sp³-hybridized carbons (Fsp3) is 0.286. The van der Waals surface area contributed by atoms with Gasteiger partial charge in [0.05, 0.1) is 25.3 Å². The van der Waals surface area contributed by atoms with Crippen molar-refractivity contribution in [3.05, 3.63) is 64.2 Å². The number of aryl methyl sites for hydroxylation is 1. The molecular weight excluding hydrogens is 350 g/mol. The fourth-order valence-electron chi connectivity index (χ4n) is 3.33. The summed E-state index contributed by atoms with van der Waals surface area (Å²) in [5.74, 6) is 0.883. The predicted octanol–water partition coefficient (Wildman–Crippen LogP) is 4.56. The first kappa shape index (κ1) is 18.3. The molecule has 1 aliphatic carbocycles. The maximum absolute atomic E-state index is 12.4. The van der Waals surface area contributed by atoms with Gasteiger partial charge in [-0.15, -0.1) is 0 Å². The SMILES string of the molecule is COc1cc(/C=C/C(=O)N[C@@H]2CCCc3ccccc32)cc(Cl)c1OC. The molecular formula is C21H22ClNO3. The van der Waals surface area contributed by atoms with Crippen molar-refractivity contribution in [2.75, 3.05) is 14.2 Å². The number of benzene rings is 2.